The van der Waals surface area contributed by atoms with Crippen LogP contribution in [-0.4, -0.2) is 26.4 Å². The van der Waals surface area contributed by atoms with Crippen molar-refractivity contribution in [2.45, 2.75) is 31.0 Å². The molecular formula is C14H14F2N2O2S. The van der Waals surface area contributed by atoms with Crippen LogP contribution in [0.1, 0.15) is 19.3 Å². The van der Waals surface area contributed by atoms with E-state index in [4.69, 9.17) is 5.11 Å². The Balaban J connectivity index is 2.03. The second-order valence-electron chi connectivity index (χ2n) is 5.24. The van der Waals surface area contributed by atoms with E-state index in [1.165, 1.54) is 6.07 Å². The molecule has 0 radical (unpaired) electrons. The second-order valence-corrected chi connectivity index (χ2v) is 6.18. The average Bonchev–Trinajstić information content (AvgIpc) is 2.69. The molecule has 112 valence electrons. The summed E-state index contributed by atoms with van der Waals surface area (Å²) in [6.45, 7) is 0.626. The van der Waals surface area contributed by atoms with Crippen LogP contribution in [0.2, 0.25) is 0 Å². The highest BCUT2D eigenvalue weighted by molar-refractivity contribution is 7.99. The third-order valence-corrected chi connectivity index (χ3v) is 4.69. The first-order valence-electron chi connectivity index (χ1n) is 6.74. The highest BCUT2D eigenvalue weighted by Gasteiger charge is 2.23. The Hall–Kier alpha value is -1.63. The monoisotopic (exact) mass is 312 g/mol. The average molecular weight is 312 g/mol. The van der Waals surface area contributed by atoms with Gasteiger partial charge in [0.1, 0.15) is 11.3 Å². The van der Waals surface area contributed by atoms with Gasteiger partial charge in [0.25, 0.3) is 0 Å². The Bertz CT molecular complexity index is 698. The van der Waals surface area contributed by atoms with E-state index in [1.54, 1.807) is 4.57 Å². The molecule has 2 aromatic rings. The molecule has 1 aliphatic rings. The van der Waals surface area contributed by atoms with Gasteiger partial charge in [-0.1, -0.05) is 18.2 Å². The molecule has 1 saturated carbocycles. The Morgan fingerprint density at radius 3 is 2.81 bits per heavy atom. The molecule has 1 aromatic carbocycles. The number of hydrogen-bond acceptors (Lipinski definition) is 3. The smallest absolute Gasteiger partial charge is 0.313 e. The normalized spacial score (nSPS) is 15.3. The number of rotatable bonds is 5. The van der Waals surface area contributed by atoms with Gasteiger partial charge in [0.15, 0.2) is 11.0 Å². The van der Waals surface area contributed by atoms with Crippen molar-refractivity contribution in [1.82, 2.24) is 9.55 Å². The minimum atomic E-state index is -0.964. The summed E-state index contributed by atoms with van der Waals surface area (Å²) in [5, 5.41) is 9.22. The lowest BCUT2D eigenvalue weighted by molar-refractivity contribution is -0.133. The fourth-order valence-corrected chi connectivity index (χ4v) is 3.21. The number of thioether (sulfide) groups is 1. The minimum Gasteiger partial charge on any atom is -0.481 e. The maximum absolute atomic E-state index is 13.8. The van der Waals surface area contributed by atoms with E-state index in [0.29, 0.717) is 23.1 Å². The number of carboxylic acids is 1. The maximum Gasteiger partial charge on any atom is 0.313 e. The predicted octanol–water partition coefficient (Wildman–Crippen LogP) is 3.29. The quantitative estimate of drug-likeness (QED) is 0.861. The van der Waals surface area contributed by atoms with Crippen molar-refractivity contribution in [2.75, 3.05) is 5.75 Å². The van der Waals surface area contributed by atoms with E-state index < -0.39 is 17.6 Å². The summed E-state index contributed by atoms with van der Waals surface area (Å²) < 4.78 is 29.0. The molecule has 0 bridgehead atoms. The second kappa shape index (κ2) is 5.63. The summed E-state index contributed by atoms with van der Waals surface area (Å²) in [4.78, 5) is 14.9. The Morgan fingerprint density at radius 1 is 1.43 bits per heavy atom. The fraction of sp³-hybridized carbons (Fsp3) is 0.429. The molecule has 1 aliphatic carbocycles. The van der Waals surface area contributed by atoms with Gasteiger partial charge in [0, 0.05) is 18.7 Å². The van der Waals surface area contributed by atoms with Crippen molar-refractivity contribution in [2.24, 2.45) is 5.92 Å². The van der Waals surface area contributed by atoms with Crippen LogP contribution in [0.3, 0.4) is 0 Å². The number of carboxylic acid groups (broad SMARTS) is 1. The molecule has 7 heteroatoms. The number of aromatic nitrogens is 2. The number of benzene rings is 1. The first-order valence-corrected chi connectivity index (χ1v) is 7.73. The van der Waals surface area contributed by atoms with Gasteiger partial charge in [-0.2, -0.15) is 0 Å². The third kappa shape index (κ3) is 2.88. The number of fused-ring (bicyclic) bond motifs is 1. The molecule has 1 fully saturated rings. The fourth-order valence-electron chi connectivity index (χ4n) is 2.47. The molecule has 1 N–H and O–H groups in total. The zero-order valence-corrected chi connectivity index (χ0v) is 12.0. The van der Waals surface area contributed by atoms with Crippen LogP contribution in [0, 0.1) is 17.6 Å². The number of halogens is 2. The van der Waals surface area contributed by atoms with Gasteiger partial charge in [0.2, 0.25) is 0 Å². The van der Waals surface area contributed by atoms with Crippen LogP contribution in [0.15, 0.2) is 17.3 Å². The van der Waals surface area contributed by atoms with Crippen LogP contribution in [0.5, 0.6) is 0 Å². The summed E-state index contributed by atoms with van der Waals surface area (Å²) in [7, 11) is 0. The van der Waals surface area contributed by atoms with Crippen LogP contribution in [0.4, 0.5) is 8.78 Å². The number of imidazole rings is 1. The number of aliphatic carboxylic acids is 1. The maximum atomic E-state index is 13.8. The Labute approximate surface area is 124 Å². The Kier molecular flexibility index (Phi) is 3.84. The van der Waals surface area contributed by atoms with E-state index in [1.807, 2.05) is 0 Å². The van der Waals surface area contributed by atoms with Gasteiger partial charge in [0.05, 0.1) is 11.3 Å². The lowest BCUT2D eigenvalue weighted by Crippen LogP contribution is -2.18. The molecule has 0 aliphatic heterocycles. The van der Waals surface area contributed by atoms with E-state index in [9.17, 15) is 13.6 Å². The number of hydrogen-bond donors (Lipinski definition) is 1. The van der Waals surface area contributed by atoms with Crippen molar-refractivity contribution in [3.63, 3.8) is 0 Å². The first-order chi connectivity index (χ1) is 10.0. The van der Waals surface area contributed by atoms with Crippen molar-refractivity contribution < 1.29 is 18.7 Å². The van der Waals surface area contributed by atoms with Crippen LogP contribution in [0.25, 0.3) is 11.0 Å². The lowest BCUT2D eigenvalue weighted by Gasteiger charge is -2.26. The van der Waals surface area contributed by atoms with Gasteiger partial charge >= 0.3 is 5.97 Å². The number of nitrogens with zero attached hydrogens (tertiary/aromatic N) is 2. The molecule has 1 aromatic heterocycles. The first kappa shape index (κ1) is 14.3. The minimum absolute atomic E-state index is 0.101. The molecule has 3 rings (SSSR count). The summed E-state index contributed by atoms with van der Waals surface area (Å²) in [6, 6.07) is 2.06. The molecule has 21 heavy (non-hydrogen) atoms. The highest BCUT2D eigenvalue weighted by Crippen LogP contribution is 2.33. The molecule has 0 unspecified atom stereocenters. The van der Waals surface area contributed by atoms with Crippen molar-refractivity contribution in [3.05, 3.63) is 23.8 Å². The third-order valence-electron chi connectivity index (χ3n) is 3.73. The lowest BCUT2D eigenvalue weighted by atomic mass is 9.85. The topological polar surface area (TPSA) is 55.1 Å². The van der Waals surface area contributed by atoms with Crippen LogP contribution >= 0.6 is 11.8 Å². The highest BCUT2D eigenvalue weighted by atomic mass is 32.2. The van der Waals surface area contributed by atoms with Gasteiger partial charge < -0.3 is 9.67 Å². The van der Waals surface area contributed by atoms with Gasteiger partial charge in [-0.25, -0.2) is 13.8 Å². The predicted molar refractivity (Wildman–Crippen MR) is 75.3 cm³/mol. The number of carbonyl (C=O) groups is 1. The van der Waals surface area contributed by atoms with Crippen LogP contribution < -0.4 is 0 Å². The summed E-state index contributed by atoms with van der Waals surface area (Å²) in [5.41, 5.74) is 0.496. The molecule has 0 saturated heterocycles. The molecule has 0 atom stereocenters. The zero-order chi connectivity index (χ0) is 15.0. The van der Waals surface area contributed by atoms with E-state index >= 15 is 0 Å². The largest absolute Gasteiger partial charge is 0.481 e. The molecule has 4 nitrogen and oxygen atoms in total. The van der Waals surface area contributed by atoms with Gasteiger partial charge in [-0.3, -0.25) is 4.79 Å². The molecule has 0 amide bonds. The summed E-state index contributed by atoms with van der Waals surface area (Å²) in [6.07, 6.45) is 3.33. The molecule has 0 spiro atoms. The van der Waals surface area contributed by atoms with E-state index in [2.05, 4.69) is 4.98 Å². The standard InChI is InChI=1S/C14H14F2N2O2S/c15-9-4-10(16)13-11(5-9)18(6-8-2-1-3-8)14(17-13)21-7-12(19)20/h4-5,8H,1-3,6-7H2,(H,19,20). The summed E-state index contributed by atoms with van der Waals surface area (Å²) >= 11 is 1.04. The Morgan fingerprint density at radius 2 is 2.19 bits per heavy atom. The van der Waals surface area contributed by atoms with Crippen molar-refractivity contribution >= 4 is 28.8 Å². The SMILES string of the molecule is O=C(O)CSc1nc2c(F)cc(F)cc2n1CC1CCC1. The summed E-state index contributed by atoms with van der Waals surface area (Å²) in [5.74, 6) is -2.01. The zero-order valence-electron chi connectivity index (χ0n) is 11.2. The van der Waals surface area contributed by atoms with E-state index in [-0.39, 0.29) is 11.3 Å². The van der Waals surface area contributed by atoms with Crippen molar-refractivity contribution in [1.29, 1.82) is 0 Å². The van der Waals surface area contributed by atoms with Gasteiger partial charge in [-0.05, 0) is 18.8 Å². The van der Waals surface area contributed by atoms with Crippen molar-refractivity contribution in [3.8, 4) is 0 Å². The molecule has 1 heterocycles. The van der Waals surface area contributed by atoms with Gasteiger partial charge in [-0.15, -0.1) is 0 Å². The van der Waals surface area contributed by atoms with E-state index in [0.717, 1.165) is 37.1 Å². The van der Waals surface area contributed by atoms with Crippen LogP contribution in [-0.2, 0) is 11.3 Å². The molecular weight excluding hydrogens is 298 g/mol.